The van der Waals surface area contributed by atoms with E-state index in [0.29, 0.717) is 18.9 Å². The lowest BCUT2D eigenvalue weighted by Gasteiger charge is -2.30. The highest BCUT2D eigenvalue weighted by molar-refractivity contribution is 7.89. The molecular formula is C12H15F2N3O2S. The van der Waals surface area contributed by atoms with E-state index in [4.69, 9.17) is 11.1 Å². The van der Waals surface area contributed by atoms with Crippen LogP contribution in [0.5, 0.6) is 0 Å². The van der Waals surface area contributed by atoms with Gasteiger partial charge in [-0.2, -0.15) is 4.31 Å². The Labute approximate surface area is 115 Å². The molecule has 0 amide bonds. The minimum absolute atomic E-state index is 0.0508. The molecule has 8 heteroatoms. The Morgan fingerprint density at radius 3 is 2.35 bits per heavy atom. The molecule has 0 radical (unpaired) electrons. The maximum atomic E-state index is 13.1. The van der Waals surface area contributed by atoms with Gasteiger partial charge in [0.25, 0.3) is 0 Å². The summed E-state index contributed by atoms with van der Waals surface area (Å²) in [6.45, 7) is 0.428. The Kier molecular flexibility index (Phi) is 4.05. The van der Waals surface area contributed by atoms with Crippen LogP contribution in [0.25, 0.3) is 0 Å². The minimum Gasteiger partial charge on any atom is -0.387 e. The third-order valence-electron chi connectivity index (χ3n) is 3.42. The van der Waals surface area contributed by atoms with E-state index in [9.17, 15) is 17.2 Å². The molecule has 1 saturated heterocycles. The van der Waals surface area contributed by atoms with Crippen LogP contribution < -0.4 is 5.73 Å². The van der Waals surface area contributed by atoms with Crippen molar-refractivity contribution >= 4 is 15.9 Å². The number of amidine groups is 1. The number of nitrogens with one attached hydrogen (secondary N) is 1. The smallest absolute Gasteiger partial charge is 0.243 e. The summed E-state index contributed by atoms with van der Waals surface area (Å²) in [5, 5.41) is 7.34. The van der Waals surface area contributed by atoms with Gasteiger partial charge < -0.3 is 5.73 Å². The predicted molar refractivity (Wildman–Crippen MR) is 69.8 cm³/mol. The maximum Gasteiger partial charge on any atom is 0.243 e. The molecule has 20 heavy (non-hydrogen) atoms. The first-order valence-corrected chi connectivity index (χ1v) is 7.55. The van der Waals surface area contributed by atoms with Crippen LogP contribution in [0.4, 0.5) is 8.78 Å². The van der Waals surface area contributed by atoms with Crippen LogP contribution >= 0.6 is 0 Å². The minimum atomic E-state index is -3.84. The van der Waals surface area contributed by atoms with Crippen LogP contribution in [0.15, 0.2) is 23.1 Å². The maximum absolute atomic E-state index is 13.1. The molecule has 0 aliphatic carbocycles. The van der Waals surface area contributed by atoms with Crippen LogP contribution in [0.1, 0.15) is 12.8 Å². The molecule has 1 aliphatic heterocycles. The average molecular weight is 303 g/mol. The summed E-state index contributed by atoms with van der Waals surface area (Å²) in [4.78, 5) is -0.266. The summed E-state index contributed by atoms with van der Waals surface area (Å²) in [6, 6.07) is 2.52. The van der Waals surface area contributed by atoms with Gasteiger partial charge in [0, 0.05) is 19.0 Å². The van der Waals surface area contributed by atoms with Crippen molar-refractivity contribution in [3.05, 3.63) is 29.8 Å². The SMILES string of the molecule is N=C(N)C1CCN(S(=O)(=O)c2ccc(F)c(F)c2)CC1. The Hall–Kier alpha value is -1.54. The standard InChI is InChI=1S/C12H15F2N3O2S/c13-10-2-1-9(7-11(10)14)20(18,19)17-5-3-8(4-6-17)12(15)16/h1-2,7-8H,3-6H2,(H3,15,16). The predicted octanol–water partition coefficient (Wildman–Crippen LogP) is 1.30. The van der Waals surface area contributed by atoms with Gasteiger partial charge in [0.05, 0.1) is 10.7 Å². The fourth-order valence-corrected chi connectivity index (χ4v) is 3.68. The molecule has 1 aromatic carbocycles. The van der Waals surface area contributed by atoms with Crippen molar-refractivity contribution in [2.75, 3.05) is 13.1 Å². The second-order valence-electron chi connectivity index (χ2n) is 4.71. The number of nitrogens with zero attached hydrogens (tertiary/aromatic N) is 1. The molecule has 0 aromatic heterocycles. The number of hydrogen-bond donors (Lipinski definition) is 2. The Morgan fingerprint density at radius 1 is 1.25 bits per heavy atom. The molecule has 0 saturated carbocycles. The Morgan fingerprint density at radius 2 is 1.85 bits per heavy atom. The first-order valence-electron chi connectivity index (χ1n) is 6.11. The Balaban J connectivity index is 2.19. The van der Waals surface area contributed by atoms with Crippen LogP contribution in [0.3, 0.4) is 0 Å². The first-order chi connectivity index (χ1) is 9.32. The summed E-state index contributed by atoms with van der Waals surface area (Å²) < 4.78 is 51.8. The van der Waals surface area contributed by atoms with E-state index >= 15 is 0 Å². The zero-order chi connectivity index (χ0) is 14.9. The van der Waals surface area contributed by atoms with Gasteiger partial charge in [0.2, 0.25) is 10.0 Å². The van der Waals surface area contributed by atoms with E-state index in [1.54, 1.807) is 0 Å². The topological polar surface area (TPSA) is 87.2 Å². The molecule has 0 unspecified atom stereocenters. The van der Waals surface area contributed by atoms with Crippen molar-refractivity contribution in [2.24, 2.45) is 11.7 Å². The second kappa shape index (κ2) is 5.45. The zero-order valence-corrected chi connectivity index (χ0v) is 11.5. The molecular weight excluding hydrogens is 288 g/mol. The highest BCUT2D eigenvalue weighted by Gasteiger charge is 2.30. The Bertz CT molecular complexity index is 626. The summed E-state index contributed by atoms with van der Waals surface area (Å²) in [6.07, 6.45) is 0.913. The molecule has 2 rings (SSSR count). The van der Waals surface area contributed by atoms with Crippen LogP contribution in [-0.2, 0) is 10.0 Å². The number of nitrogens with two attached hydrogens (primary N) is 1. The molecule has 5 nitrogen and oxygen atoms in total. The molecule has 1 fully saturated rings. The van der Waals surface area contributed by atoms with E-state index in [2.05, 4.69) is 0 Å². The van der Waals surface area contributed by atoms with Gasteiger partial charge in [-0.05, 0) is 31.0 Å². The molecule has 1 aromatic rings. The summed E-state index contributed by atoms with van der Waals surface area (Å²) in [7, 11) is -3.84. The highest BCUT2D eigenvalue weighted by Crippen LogP contribution is 2.24. The van der Waals surface area contributed by atoms with Gasteiger partial charge >= 0.3 is 0 Å². The molecule has 1 aliphatic rings. The number of piperidine rings is 1. The van der Waals surface area contributed by atoms with Crippen molar-refractivity contribution in [2.45, 2.75) is 17.7 Å². The van der Waals surface area contributed by atoms with Crippen molar-refractivity contribution < 1.29 is 17.2 Å². The van der Waals surface area contributed by atoms with Crippen LogP contribution in [0, 0.1) is 23.0 Å². The number of benzene rings is 1. The fraction of sp³-hybridized carbons (Fsp3) is 0.417. The number of hydrogen-bond acceptors (Lipinski definition) is 3. The normalized spacial score (nSPS) is 18.1. The second-order valence-corrected chi connectivity index (χ2v) is 6.65. The van der Waals surface area contributed by atoms with Crippen LogP contribution in [0.2, 0.25) is 0 Å². The van der Waals surface area contributed by atoms with Crippen molar-refractivity contribution in [3.8, 4) is 0 Å². The highest BCUT2D eigenvalue weighted by atomic mass is 32.2. The van der Waals surface area contributed by atoms with Crippen LogP contribution in [-0.4, -0.2) is 31.6 Å². The molecule has 3 N–H and O–H groups in total. The molecule has 1 heterocycles. The van der Waals surface area contributed by atoms with Gasteiger partial charge in [0.15, 0.2) is 11.6 Å². The quantitative estimate of drug-likeness (QED) is 0.652. The summed E-state index contributed by atoms with van der Waals surface area (Å²) in [5.41, 5.74) is 5.39. The monoisotopic (exact) mass is 303 g/mol. The van der Waals surface area contributed by atoms with Gasteiger partial charge in [-0.1, -0.05) is 0 Å². The van der Waals surface area contributed by atoms with Gasteiger partial charge in [0.1, 0.15) is 0 Å². The van der Waals surface area contributed by atoms with Crippen molar-refractivity contribution in [1.29, 1.82) is 5.41 Å². The zero-order valence-electron chi connectivity index (χ0n) is 10.6. The molecule has 0 spiro atoms. The number of sulfonamides is 1. The van der Waals surface area contributed by atoms with E-state index in [1.165, 1.54) is 4.31 Å². The molecule has 110 valence electrons. The number of rotatable bonds is 3. The number of halogens is 2. The van der Waals surface area contributed by atoms with Gasteiger partial charge in [-0.25, -0.2) is 17.2 Å². The third-order valence-corrected chi connectivity index (χ3v) is 5.32. The first kappa shape index (κ1) is 14.9. The average Bonchev–Trinajstić information content (AvgIpc) is 2.41. The van der Waals surface area contributed by atoms with Crippen molar-refractivity contribution in [1.82, 2.24) is 4.31 Å². The largest absolute Gasteiger partial charge is 0.387 e. The lowest BCUT2D eigenvalue weighted by Crippen LogP contribution is -2.41. The van der Waals surface area contributed by atoms with E-state index in [0.717, 1.165) is 12.1 Å². The van der Waals surface area contributed by atoms with E-state index in [1.807, 2.05) is 0 Å². The summed E-state index contributed by atoms with van der Waals surface area (Å²) >= 11 is 0. The van der Waals surface area contributed by atoms with Crippen molar-refractivity contribution in [3.63, 3.8) is 0 Å². The lowest BCUT2D eigenvalue weighted by atomic mass is 9.97. The summed E-state index contributed by atoms with van der Waals surface area (Å²) in [5.74, 6) is -2.34. The van der Waals surface area contributed by atoms with Gasteiger partial charge in [-0.15, -0.1) is 0 Å². The van der Waals surface area contributed by atoms with E-state index < -0.39 is 21.7 Å². The van der Waals surface area contributed by atoms with E-state index in [-0.39, 0.29) is 29.7 Å². The molecule has 0 atom stereocenters. The van der Waals surface area contributed by atoms with Gasteiger partial charge in [-0.3, -0.25) is 5.41 Å². The fourth-order valence-electron chi connectivity index (χ4n) is 2.19. The lowest BCUT2D eigenvalue weighted by molar-refractivity contribution is 0.314. The third kappa shape index (κ3) is 2.80. The molecule has 0 bridgehead atoms.